The number of nitrogens with zero attached hydrogens (tertiary/aromatic N) is 3. The van der Waals surface area contributed by atoms with E-state index in [1.807, 2.05) is 6.92 Å². The van der Waals surface area contributed by atoms with E-state index in [1.54, 1.807) is 0 Å². The Kier molecular flexibility index (Phi) is 2.45. The standard InChI is InChI=1S/C15H18N4/c1-10-12-4-2-3-5-13(12)15(18-17-10)19-7-6-11-8-16-9-14(11)19/h2-5,11,14,16H,6-9H2,1H3/t11-,14+/m0/s1. The molecule has 3 heterocycles. The lowest BCUT2D eigenvalue weighted by molar-refractivity contribution is 0.577. The number of benzene rings is 1. The van der Waals surface area contributed by atoms with E-state index in [4.69, 9.17) is 0 Å². The van der Waals surface area contributed by atoms with Crippen LogP contribution >= 0.6 is 0 Å². The van der Waals surface area contributed by atoms with Crippen molar-refractivity contribution < 1.29 is 0 Å². The van der Waals surface area contributed by atoms with Crippen LogP contribution < -0.4 is 10.2 Å². The van der Waals surface area contributed by atoms with E-state index in [0.29, 0.717) is 6.04 Å². The van der Waals surface area contributed by atoms with E-state index in [1.165, 1.54) is 17.2 Å². The van der Waals surface area contributed by atoms with E-state index < -0.39 is 0 Å². The molecule has 4 rings (SSSR count). The second-order valence-electron chi connectivity index (χ2n) is 5.62. The summed E-state index contributed by atoms with van der Waals surface area (Å²) in [5.74, 6) is 1.85. The first-order valence-corrected chi connectivity index (χ1v) is 7.04. The van der Waals surface area contributed by atoms with E-state index >= 15 is 0 Å². The van der Waals surface area contributed by atoms with Gasteiger partial charge in [-0.3, -0.25) is 0 Å². The summed E-state index contributed by atoms with van der Waals surface area (Å²) in [6.07, 6.45) is 1.27. The zero-order chi connectivity index (χ0) is 12.8. The molecule has 1 aromatic heterocycles. The lowest BCUT2D eigenvalue weighted by atomic mass is 10.0. The maximum atomic E-state index is 4.50. The molecule has 0 spiro atoms. The van der Waals surface area contributed by atoms with Crippen LogP contribution in [-0.4, -0.2) is 35.9 Å². The molecule has 4 heteroatoms. The number of anilines is 1. The summed E-state index contributed by atoms with van der Waals surface area (Å²) in [7, 11) is 0. The summed E-state index contributed by atoms with van der Waals surface area (Å²) >= 11 is 0. The van der Waals surface area contributed by atoms with Crippen molar-refractivity contribution in [3.63, 3.8) is 0 Å². The van der Waals surface area contributed by atoms with Crippen LogP contribution in [0.5, 0.6) is 0 Å². The van der Waals surface area contributed by atoms with Crippen LogP contribution in [0.4, 0.5) is 5.82 Å². The summed E-state index contributed by atoms with van der Waals surface area (Å²) in [4.78, 5) is 2.46. The molecule has 0 aliphatic carbocycles. The van der Waals surface area contributed by atoms with E-state index in [0.717, 1.165) is 37.1 Å². The number of rotatable bonds is 1. The lowest BCUT2D eigenvalue weighted by Gasteiger charge is -2.25. The first-order valence-electron chi connectivity index (χ1n) is 7.04. The lowest BCUT2D eigenvalue weighted by Crippen LogP contribution is -2.35. The Morgan fingerprint density at radius 1 is 1.16 bits per heavy atom. The highest BCUT2D eigenvalue weighted by Gasteiger charge is 2.38. The number of nitrogens with one attached hydrogen (secondary N) is 1. The molecule has 2 aromatic rings. The minimum atomic E-state index is 0.598. The fourth-order valence-corrected chi connectivity index (χ4v) is 3.55. The minimum Gasteiger partial charge on any atom is -0.350 e. The Bertz CT molecular complexity index is 625. The highest BCUT2D eigenvalue weighted by Crippen LogP contribution is 2.34. The van der Waals surface area contributed by atoms with Gasteiger partial charge >= 0.3 is 0 Å². The van der Waals surface area contributed by atoms with E-state index in [9.17, 15) is 0 Å². The van der Waals surface area contributed by atoms with Gasteiger partial charge < -0.3 is 10.2 Å². The van der Waals surface area contributed by atoms with Gasteiger partial charge in [0, 0.05) is 36.4 Å². The summed E-state index contributed by atoms with van der Waals surface area (Å²) in [5, 5.41) is 14.8. The first kappa shape index (κ1) is 11.2. The predicted molar refractivity (Wildman–Crippen MR) is 76.4 cm³/mol. The van der Waals surface area contributed by atoms with Gasteiger partial charge in [-0.15, -0.1) is 5.10 Å². The van der Waals surface area contributed by atoms with Crippen LogP contribution in [0.15, 0.2) is 24.3 Å². The van der Waals surface area contributed by atoms with Gasteiger partial charge in [-0.05, 0) is 19.3 Å². The number of fused-ring (bicyclic) bond motifs is 2. The number of aromatic nitrogens is 2. The van der Waals surface area contributed by atoms with Gasteiger partial charge in [0.2, 0.25) is 0 Å². The molecule has 1 aromatic carbocycles. The Balaban J connectivity index is 1.85. The van der Waals surface area contributed by atoms with Crippen LogP contribution in [0.3, 0.4) is 0 Å². The molecule has 98 valence electrons. The molecular weight excluding hydrogens is 236 g/mol. The number of hydrogen-bond acceptors (Lipinski definition) is 4. The van der Waals surface area contributed by atoms with Gasteiger partial charge in [0.05, 0.1) is 5.69 Å². The molecule has 2 saturated heterocycles. The molecule has 1 N–H and O–H groups in total. The summed E-state index contributed by atoms with van der Waals surface area (Å²) in [6.45, 7) is 5.37. The third-order valence-corrected chi connectivity index (χ3v) is 4.57. The first-order chi connectivity index (χ1) is 9.34. The zero-order valence-electron chi connectivity index (χ0n) is 11.1. The monoisotopic (exact) mass is 254 g/mol. The molecular formula is C15H18N4. The minimum absolute atomic E-state index is 0.598. The highest BCUT2D eigenvalue weighted by atomic mass is 15.3. The molecule has 2 fully saturated rings. The van der Waals surface area contributed by atoms with Crippen LogP contribution in [0.2, 0.25) is 0 Å². The Hall–Kier alpha value is -1.68. The molecule has 2 atom stereocenters. The molecule has 0 saturated carbocycles. The van der Waals surface area contributed by atoms with E-state index in [2.05, 4.69) is 44.7 Å². The van der Waals surface area contributed by atoms with Crippen molar-refractivity contribution in [3.8, 4) is 0 Å². The van der Waals surface area contributed by atoms with Crippen molar-refractivity contribution in [2.24, 2.45) is 5.92 Å². The Morgan fingerprint density at radius 2 is 2.00 bits per heavy atom. The fraction of sp³-hybridized carbons (Fsp3) is 0.467. The maximum absolute atomic E-state index is 4.50. The summed E-state index contributed by atoms with van der Waals surface area (Å²) in [6, 6.07) is 9.07. The van der Waals surface area contributed by atoms with Gasteiger partial charge in [-0.1, -0.05) is 24.3 Å². The van der Waals surface area contributed by atoms with Crippen LogP contribution in [-0.2, 0) is 0 Å². The van der Waals surface area contributed by atoms with Crippen LogP contribution in [0.1, 0.15) is 12.1 Å². The fourth-order valence-electron chi connectivity index (χ4n) is 3.55. The second kappa shape index (κ2) is 4.17. The zero-order valence-corrected chi connectivity index (χ0v) is 11.1. The van der Waals surface area contributed by atoms with Crippen molar-refractivity contribution >= 4 is 16.6 Å². The van der Waals surface area contributed by atoms with E-state index in [-0.39, 0.29) is 0 Å². The smallest absolute Gasteiger partial charge is 0.159 e. The normalized spacial score (nSPS) is 26.1. The molecule has 0 radical (unpaired) electrons. The Labute approximate surface area is 112 Å². The molecule has 19 heavy (non-hydrogen) atoms. The van der Waals surface area contributed by atoms with Crippen molar-refractivity contribution in [1.82, 2.24) is 15.5 Å². The second-order valence-corrected chi connectivity index (χ2v) is 5.62. The van der Waals surface area contributed by atoms with Crippen LogP contribution in [0.25, 0.3) is 10.8 Å². The topological polar surface area (TPSA) is 41.1 Å². The van der Waals surface area contributed by atoms with Gasteiger partial charge in [0.15, 0.2) is 5.82 Å². The van der Waals surface area contributed by atoms with Gasteiger partial charge in [0.1, 0.15) is 0 Å². The van der Waals surface area contributed by atoms with Crippen molar-refractivity contribution in [1.29, 1.82) is 0 Å². The molecule has 0 amide bonds. The third-order valence-electron chi connectivity index (χ3n) is 4.57. The predicted octanol–water partition coefficient (Wildman–Crippen LogP) is 1.74. The molecule has 2 aliphatic rings. The van der Waals surface area contributed by atoms with Crippen molar-refractivity contribution in [2.45, 2.75) is 19.4 Å². The van der Waals surface area contributed by atoms with Gasteiger partial charge in [-0.25, -0.2) is 0 Å². The number of aryl methyl sites for hydroxylation is 1. The van der Waals surface area contributed by atoms with Crippen molar-refractivity contribution in [2.75, 3.05) is 24.5 Å². The maximum Gasteiger partial charge on any atom is 0.159 e. The molecule has 4 nitrogen and oxygen atoms in total. The molecule has 2 aliphatic heterocycles. The summed E-state index contributed by atoms with van der Waals surface area (Å²) in [5.41, 5.74) is 1.01. The highest BCUT2D eigenvalue weighted by molar-refractivity contribution is 5.93. The quantitative estimate of drug-likeness (QED) is 0.841. The van der Waals surface area contributed by atoms with Crippen LogP contribution in [0, 0.1) is 12.8 Å². The molecule has 0 unspecified atom stereocenters. The Morgan fingerprint density at radius 3 is 2.89 bits per heavy atom. The SMILES string of the molecule is Cc1nnc(N2CC[C@H]3CNC[C@H]32)c2ccccc12. The van der Waals surface area contributed by atoms with Gasteiger partial charge in [0.25, 0.3) is 0 Å². The summed E-state index contributed by atoms with van der Waals surface area (Å²) < 4.78 is 0. The third kappa shape index (κ3) is 1.63. The largest absolute Gasteiger partial charge is 0.350 e. The molecule has 0 bridgehead atoms. The van der Waals surface area contributed by atoms with Crippen molar-refractivity contribution in [3.05, 3.63) is 30.0 Å². The average Bonchev–Trinajstić information content (AvgIpc) is 3.03. The van der Waals surface area contributed by atoms with Gasteiger partial charge in [-0.2, -0.15) is 5.10 Å². The number of hydrogen-bond donors (Lipinski definition) is 1. The average molecular weight is 254 g/mol.